The van der Waals surface area contributed by atoms with Crippen molar-refractivity contribution in [2.24, 2.45) is 0 Å². The second-order valence-corrected chi connectivity index (χ2v) is 5.78. The summed E-state index contributed by atoms with van der Waals surface area (Å²) < 4.78 is 5.04. The van der Waals surface area contributed by atoms with Gasteiger partial charge in [0.1, 0.15) is 19.3 Å². The standard InChI is InChI=1S/C19H21N3O5/c23-17(21-11-15-7-4-8-20-10-15)12-27-13-18(24)22-16(19(25)26)9-14-5-2-1-3-6-14/h1-8,10,16H,9,11-13H2,(H,21,23)(H,22,24)(H,25,26)/t16-/m0/s1. The Hall–Kier alpha value is -3.26. The molecule has 27 heavy (non-hydrogen) atoms. The first-order valence-electron chi connectivity index (χ1n) is 8.34. The van der Waals surface area contributed by atoms with Gasteiger partial charge in [0.05, 0.1) is 0 Å². The van der Waals surface area contributed by atoms with Crippen molar-refractivity contribution in [3.8, 4) is 0 Å². The minimum atomic E-state index is -1.14. The Labute approximate surface area is 156 Å². The van der Waals surface area contributed by atoms with E-state index in [4.69, 9.17) is 4.74 Å². The summed E-state index contributed by atoms with van der Waals surface area (Å²) >= 11 is 0. The molecule has 8 heteroatoms. The van der Waals surface area contributed by atoms with E-state index in [0.717, 1.165) is 11.1 Å². The summed E-state index contributed by atoms with van der Waals surface area (Å²) in [6.45, 7) is -0.399. The van der Waals surface area contributed by atoms with E-state index in [1.54, 1.807) is 42.7 Å². The number of aromatic nitrogens is 1. The molecule has 2 aromatic rings. The van der Waals surface area contributed by atoms with Crippen molar-refractivity contribution in [2.75, 3.05) is 13.2 Å². The van der Waals surface area contributed by atoms with Gasteiger partial charge in [-0.3, -0.25) is 14.6 Å². The van der Waals surface area contributed by atoms with Gasteiger partial charge in [0.2, 0.25) is 11.8 Å². The highest BCUT2D eigenvalue weighted by Crippen LogP contribution is 2.03. The molecule has 1 aromatic heterocycles. The van der Waals surface area contributed by atoms with Crippen LogP contribution in [-0.2, 0) is 32.1 Å². The lowest BCUT2D eigenvalue weighted by Crippen LogP contribution is -2.44. The summed E-state index contributed by atoms with van der Waals surface area (Å²) in [7, 11) is 0. The zero-order chi connectivity index (χ0) is 19.5. The van der Waals surface area contributed by atoms with Crippen molar-refractivity contribution in [3.05, 3.63) is 66.0 Å². The Balaban J connectivity index is 1.69. The zero-order valence-corrected chi connectivity index (χ0v) is 14.6. The van der Waals surface area contributed by atoms with E-state index in [1.807, 2.05) is 12.1 Å². The normalized spacial score (nSPS) is 11.4. The maximum Gasteiger partial charge on any atom is 0.326 e. The van der Waals surface area contributed by atoms with Crippen molar-refractivity contribution >= 4 is 17.8 Å². The molecule has 0 aliphatic carbocycles. The summed E-state index contributed by atoms with van der Waals surface area (Å²) in [4.78, 5) is 38.8. The van der Waals surface area contributed by atoms with Gasteiger partial charge in [-0.1, -0.05) is 36.4 Å². The van der Waals surface area contributed by atoms with E-state index in [9.17, 15) is 19.5 Å². The van der Waals surface area contributed by atoms with E-state index >= 15 is 0 Å². The topological polar surface area (TPSA) is 118 Å². The summed E-state index contributed by atoms with van der Waals surface area (Å²) in [6.07, 6.45) is 3.43. The Bertz CT molecular complexity index is 752. The van der Waals surface area contributed by atoms with Crippen molar-refractivity contribution in [1.82, 2.24) is 15.6 Å². The first kappa shape index (κ1) is 20.1. The number of ether oxygens (including phenoxy) is 1. The van der Waals surface area contributed by atoms with Gasteiger partial charge >= 0.3 is 5.97 Å². The number of benzene rings is 1. The number of nitrogens with zero attached hydrogens (tertiary/aromatic N) is 1. The SMILES string of the molecule is O=C(COCC(=O)N[C@@H](Cc1ccccc1)C(=O)O)NCc1cccnc1. The van der Waals surface area contributed by atoms with E-state index in [0.29, 0.717) is 6.54 Å². The van der Waals surface area contributed by atoms with E-state index in [1.165, 1.54) is 0 Å². The molecule has 1 atom stereocenters. The molecule has 0 saturated carbocycles. The van der Waals surface area contributed by atoms with Gasteiger partial charge in [0, 0.05) is 25.4 Å². The molecule has 0 fully saturated rings. The van der Waals surface area contributed by atoms with Gasteiger partial charge < -0.3 is 20.5 Å². The van der Waals surface area contributed by atoms with Crippen LogP contribution in [0.2, 0.25) is 0 Å². The Kier molecular flexibility index (Phi) is 7.92. The number of nitrogens with one attached hydrogen (secondary N) is 2. The van der Waals surface area contributed by atoms with Crippen LogP contribution in [0.1, 0.15) is 11.1 Å². The molecule has 0 saturated heterocycles. The van der Waals surface area contributed by atoms with E-state index in [2.05, 4.69) is 15.6 Å². The van der Waals surface area contributed by atoms with Gasteiger partial charge in [-0.05, 0) is 17.2 Å². The summed E-state index contributed by atoms with van der Waals surface area (Å²) in [6, 6.07) is 11.5. The molecule has 1 heterocycles. The Morgan fingerprint density at radius 1 is 1.00 bits per heavy atom. The lowest BCUT2D eigenvalue weighted by molar-refractivity contribution is -0.143. The number of pyridine rings is 1. The third-order valence-corrected chi connectivity index (χ3v) is 3.59. The van der Waals surface area contributed by atoms with E-state index in [-0.39, 0.29) is 18.9 Å². The lowest BCUT2D eigenvalue weighted by Gasteiger charge is -2.14. The third kappa shape index (κ3) is 7.66. The second kappa shape index (κ2) is 10.7. The first-order chi connectivity index (χ1) is 13.0. The maximum absolute atomic E-state index is 11.9. The number of rotatable bonds is 10. The molecule has 0 radical (unpaired) electrons. The van der Waals surface area contributed by atoms with Gasteiger partial charge in [-0.25, -0.2) is 4.79 Å². The number of carbonyl (C=O) groups is 3. The number of aliphatic carboxylic acids is 1. The van der Waals surface area contributed by atoms with Crippen LogP contribution < -0.4 is 10.6 Å². The molecule has 3 N–H and O–H groups in total. The third-order valence-electron chi connectivity index (χ3n) is 3.59. The molecule has 0 bridgehead atoms. The number of carboxylic acid groups (broad SMARTS) is 1. The van der Waals surface area contributed by atoms with Gasteiger partial charge in [-0.15, -0.1) is 0 Å². The van der Waals surface area contributed by atoms with Gasteiger partial charge in [0.25, 0.3) is 0 Å². The van der Waals surface area contributed by atoms with Crippen LogP contribution >= 0.6 is 0 Å². The molecule has 0 unspecified atom stereocenters. The fourth-order valence-corrected chi connectivity index (χ4v) is 2.28. The maximum atomic E-state index is 11.9. The summed E-state index contributed by atoms with van der Waals surface area (Å²) in [5.41, 5.74) is 1.63. The lowest BCUT2D eigenvalue weighted by atomic mass is 10.1. The molecule has 0 aliphatic heterocycles. The summed E-state index contributed by atoms with van der Waals surface area (Å²) in [5.74, 6) is -2.12. The minimum Gasteiger partial charge on any atom is -0.480 e. The smallest absolute Gasteiger partial charge is 0.326 e. The molecule has 142 valence electrons. The van der Waals surface area contributed by atoms with Crippen LogP contribution in [0.25, 0.3) is 0 Å². The van der Waals surface area contributed by atoms with Crippen molar-refractivity contribution in [1.29, 1.82) is 0 Å². The van der Waals surface area contributed by atoms with Crippen LogP contribution in [0.5, 0.6) is 0 Å². The second-order valence-electron chi connectivity index (χ2n) is 5.78. The predicted molar refractivity (Wildman–Crippen MR) is 96.6 cm³/mol. The fourth-order valence-electron chi connectivity index (χ4n) is 2.28. The number of carbonyl (C=O) groups excluding carboxylic acids is 2. The van der Waals surface area contributed by atoms with Crippen LogP contribution in [-0.4, -0.2) is 47.1 Å². The quantitative estimate of drug-likeness (QED) is 0.561. The van der Waals surface area contributed by atoms with Crippen LogP contribution in [0.4, 0.5) is 0 Å². The molecule has 0 aliphatic rings. The molecule has 8 nitrogen and oxygen atoms in total. The average Bonchev–Trinajstić information content (AvgIpc) is 2.67. The number of hydrogen-bond acceptors (Lipinski definition) is 5. The Morgan fingerprint density at radius 2 is 1.70 bits per heavy atom. The highest BCUT2D eigenvalue weighted by molar-refractivity contribution is 5.84. The molecule has 0 spiro atoms. The monoisotopic (exact) mass is 371 g/mol. The molecule has 2 amide bonds. The van der Waals surface area contributed by atoms with Gasteiger partial charge in [0.15, 0.2) is 0 Å². The van der Waals surface area contributed by atoms with E-state index < -0.39 is 24.5 Å². The summed E-state index contributed by atoms with van der Waals surface area (Å²) in [5, 5.41) is 14.3. The predicted octanol–water partition coefficient (Wildman–Crippen LogP) is 0.527. The molecule has 2 rings (SSSR count). The van der Waals surface area contributed by atoms with Gasteiger partial charge in [-0.2, -0.15) is 0 Å². The highest BCUT2D eigenvalue weighted by Gasteiger charge is 2.20. The zero-order valence-electron chi connectivity index (χ0n) is 14.6. The minimum absolute atomic E-state index is 0.160. The fraction of sp³-hybridized carbons (Fsp3) is 0.263. The highest BCUT2D eigenvalue weighted by atomic mass is 16.5. The van der Waals surface area contributed by atoms with Crippen LogP contribution in [0.3, 0.4) is 0 Å². The van der Waals surface area contributed by atoms with Crippen LogP contribution in [0.15, 0.2) is 54.9 Å². The van der Waals surface area contributed by atoms with Crippen LogP contribution in [0, 0.1) is 0 Å². The molecular weight excluding hydrogens is 350 g/mol. The molecule has 1 aromatic carbocycles. The Morgan fingerprint density at radius 3 is 2.37 bits per heavy atom. The van der Waals surface area contributed by atoms with Crippen molar-refractivity contribution in [3.63, 3.8) is 0 Å². The van der Waals surface area contributed by atoms with Crippen molar-refractivity contribution < 1.29 is 24.2 Å². The largest absolute Gasteiger partial charge is 0.480 e. The molecular formula is C19H21N3O5. The number of carboxylic acids is 1. The van der Waals surface area contributed by atoms with Crippen molar-refractivity contribution in [2.45, 2.75) is 19.0 Å². The first-order valence-corrected chi connectivity index (χ1v) is 8.34. The number of hydrogen-bond donors (Lipinski definition) is 3. The average molecular weight is 371 g/mol. The number of amides is 2.